The summed E-state index contributed by atoms with van der Waals surface area (Å²) in [5.74, 6) is 0. The Morgan fingerprint density at radius 3 is 1.94 bits per heavy atom. The summed E-state index contributed by atoms with van der Waals surface area (Å²) in [5.41, 5.74) is 0. The molecule has 1 saturated heterocycles. The van der Waals surface area contributed by atoms with E-state index in [9.17, 15) is 18.6 Å². The van der Waals surface area contributed by atoms with Crippen LogP contribution < -0.4 is 0 Å². The second-order valence-electron chi connectivity index (χ2n) is 4.06. The molecule has 1 aliphatic rings. The quantitative estimate of drug-likeness (QED) is 0.843. The zero-order chi connectivity index (χ0) is 13.5. The van der Waals surface area contributed by atoms with Gasteiger partial charge in [0.2, 0.25) is 10.0 Å². The molecule has 0 aliphatic carbocycles. The minimum absolute atomic E-state index is 0.0544. The number of hydrogen-bond acceptors (Lipinski definition) is 4. The standard InChI is InChI=1S/C10H11Cl2NO4S/c11-6-1-7(12)3-8(2-6)18(16,17)13-4-9(14)10(15)5-13/h1-3,9-10,14-15H,4-5H2/t9-,10+. The summed E-state index contributed by atoms with van der Waals surface area (Å²) in [7, 11) is -3.81. The van der Waals surface area contributed by atoms with Gasteiger partial charge in [0, 0.05) is 23.1 Å². The maximum absolute atomic E-state index is 12.2. The van der Waals surface area contributed by atoms with Crippen molar-refractivity contribution in [3.63, 3.8) is 0 Å². The van der Waals surface area contributed by atoms with Crippen LogP contribution in [0.25, 0.3) is 0 Å². The number of benzene rings is 1. The molecule has 2 atom stereocenters. The summed E-state index contributed by atoms with van der Waals surface area (Å²) in [4.78, 5) is -0.0544. The molecule has 100 valence electrons. The van der Waals surface area contributed by atoms with Crippen LogP contribution >= 0.6 is 23.2 Å². The lowest BCUT2D eigenvalue weighted by Crippen LogP contribution is -2.30. The summed E-state index contributed by atoms with van der Waals surface area (Å²) < 4.78 is 25.4. The highest BCUT2D eigenvalue weighted by molar-refractivity contribution is 7.89. The van der Waals surface area contributed by atoms with E-state index in [0.717, 1.165) is 4.31 Å². The molecule has 1 aromatic carbocycles. The lowest BCUT2D eigenvalue weighted by Gasteiger charge is -2.15. The van der Waals surface area contributed by atoms with Crippen molar-refractivity contribution >= 4 is 33.2 Å². The molecule has 0 saturated carbocycles. The number of halogens is 2. The van der Waals surface area contributed by atoms with E-state index in [-0.39, 0.29) is 28.0 Å². The van der Waals surface area contributed by atoms with Crippen molar-refractivity contribution in [3.05, 3.63) is 28.2 Å². The van der Waals surface area contributed by atoms with E-state index in [2.05, 4.69) is 0 Å². The van der Waals surface area contributed by atoms with Crippen LogP contribution in [0.15, 0.2) is 23.1 Å². The third-order valence-electron chi connectivity index (χ3n) is 2.70. The molecule has 1 aromatic rings. The van der Waals surface area contributed by atoms with Crippen LogP contribution in [0, 0.1) is 0 Å². The minimum Gasteiger partial charge on any atom is -0.389 e. The minimum atomic E-state index is -3.81. The number of rotatable bonds is 2. The highest BCUT2D eigenvalue weighted by atomic mass is 35.5. The maximum Gasteiger partial charge on any atom is 0.243 e. The Morgan fingerprint density at radius 1 is 1.06 bits per heavy atom. The number of nitrogens with zero attached hydrogens (tertiary/aromatic N) is 1. The third-order valence-corrected chi connectivity index (χ3v) is 4.95. The molecule has 2 rings (SSSR count). The first kappa shape index (κ1) is 14.0. The van der Waals surface area contributed by atoms with Crippen molar-refractivity contribution in [1.29, 1.82) is 0 Å². The molecule has 1 heterocycles. The molecular weight excluding hydrogens is 301 g/mol. The zero-order valence-electron chi connectivity index (χ0n) is 9.12. The number of aliphatic hydroxyl groups is 2. The van der Waals surface area contributed by atoms with Crippen LogP contribution in [0.1, 0.15) is 0 Å². The highest BCUT2D eigenvalue weighted by Crippen LogP contribution is 2.26. The average molecular weight is 312 g/mol. The van der Waals surface area contributed by atoms with Crippen LogP contribution in [-0.2, 0) is 10.0 Å². The molecule has 18 heavy (non-hydrogen) atoms. The number of hydrogen-bond donors (Lipinski definition) is 2. The van der Waals surface area contributed by atoms with Crippen molar-refractivity contribution in [2.45, 2.75) is 17.1 Å². The van der Waals surface area contributed by atoms with Crippen molar-refractivity contribution in [1.82, 2.24) is 4.31 Å². The van der Waals surface area contributed by atoms with E-state index in [4.69, 9.17) is 23.2 Å². The Bertz CT molecular complexity index is 533. The predicted octanol–water partition coefficient (Wildman–Crippen LogP) is 0.720. The number of β-amino-alcohol motifs (C(OH)–C–C–N with tert-alkyl or cyclic N) is 2. The van der Waals surface area contributed by atoms with Crippen LogP contribution in [0.2, 0.25) is 10.0 Å². The van der Waals surface area contributed by atoms with E-state index < -0.39 is 22.2 Å². The van der Waals surface area contributed by atoms with Gasteiger partial charge in [-0.3, -0.25) is 0 Å². The zero-order valence-corrected chi connectivity index (χ0v) is 11.5. The molecule has 5 nitrogen and oxygen atoms in total. The summed E-state index contributed by atoms with van der Waals surface area (Å²) in [6, 6.07) is 3.98. The fraction of sp³-hybridized carbons (Fsp3) is 0.400. The fourth-order valence-electron chi connectivity index (χ4n) is 1.76. The van der Waals surface area contributed by atoms with E-state index in [1.807, 2.05) is 0 Å². The highest BCUT2D eigenvalue weighted by Gasteiger charge is 2.37. The topological polar surface area (TPSA) is 77.8 Å². The SMILES string of the molecule is O=S(=O)(c1cc(Cl)cc(Cl)c1)N1C[C@@H](O)[C@@H](O)C1. The fourth-order valence-corrected chi connectivity index (χ4v) is 3.96. The van der Waals surface area contributed by atoms with Gasteiger partial charge in [0.25, 0.3) is 0 Å². The second-order valence-corrected chi connectivity index (χ2v) is 6.87. The lowest BCUT2D eigenvalue weighted by atomic mass is 10.3. The first-order chi connectivity index (χ1) is 8.30. The normalized spacial score (nSPS) is 25.6. The Kier molecular flexibility index (Phi) is 3.87. The van der Waals surface area contributed by atoms with Crippen molar-refractivity contribution in [3.8, 4) is 0 Å². The molecule has 2 N–H and O–H groups in total. The molecule has 0 spiro atoms. The summed E-state index contributed by atoms with van der Waals surface area (Å²) in [5, 5.41) is 19.2. The van der Waals surface area contributed by atoms with Crippen molar-refractivity contribution in [2.24, 2.45) is 0 Å². The third kappa shape index (κ3) is 2.64. The van der Waals surface area contributed by atoms with Gasteiger partial charge in [0.1, 0.15) is 0 Å². The molecule has 0 bridgehead atoms. The molecule has 0 radical (unpaired) electrons. The lowest BCUT2D eigenvalue weighted by molar-refractivity contribution is 0.0572. The Hall–Kier alpha value is -0.370. The Balaban J connectivity index is 2.37. The van der Waals surface area contributed by atoms with Crippen LogP contribution in [0.5, 0.6) is 0 Å². The second kappa shape index (κ2) is 4.96. The largest absolute Gasteiger partial charge is 0.389 e. The van der Waals surface area contributed by atoms with Gasteiger partial charge in [-0.25, -0.2) is 8.42 Å². The molecule has 0 unspecified atom stereocenters. The molecule has 0 amide bonds. The molecule has 1 aliphatic heterocycles. The molecule has 8 heteroatoms. The van der Waals surface area contributed by atoms with Crippen molar-refractivity contribution in [2.75, 3.05) is 13.1 Å². The smallest absolute Gasteiger partial charge is 0.243 e. The van der Waals surface area contributed by atoms with Gasteiger partial charge >= 0.3 is 0 Å². The summed E-state index contributed by atoms with van der Waals surface area (Å²) in [6.45, 7) is -0.290. The van der Waals surface area contributed by atoms with Gasteiger partial charge in [-0.2, -0.15) is 4.31 Å². The number of aliphatic hydroxyl groups excluding tert-OH is 2. The van der Waals surface area contributed by atoms with Gasteiger partial charge in [-0.05, 0) is 18.2 Å². The van der Waals surface area contributed by atoms with Crippen LogP contribution in [-0.4, -0.2) is 48.2 Å². The van der Waals surface area contributed by atoms with E-state index >= 15 is 0 Å². The van der Waals surface area contributed by atoms with Crippen LogP contribution in [0.3, 0.4) is 0 Å². The average Bonchev–Trinajstić information content (AvgIpc) is 2.58. The van der Waals surface area contributed by atoms with E-state index in [1.54, 1.807) is 0 Å². The number of sulfonamides is 1. The van der Waals surface area contributed by atoms with E-state index in [1.165, 1.54) is 18.2 Å². The van der Waals surface area contributed by atoms with Gasteiger partial charge in [-0.15, -0.1) is 0 Å². The molecular formula is C10H11Cl2NO4S. The van der Waals surface area contributed by atoms with E-state index in [0.29, 0.717) is 0 Å². The van der Waals surface area contributed by atoms with Crippen molar-refractivity contribution < 1.29 is 18.6 Å². The predicted molar refractivity (Wildman–Crippen MR) is 67.2 cm³/mol. The van der Waals surface area contributed by atoms with Gasteiger partial charge < -0.3 is 10.2 Å². The first-order valence-electron chi connectivity index (χ1n) is 5.13. The van der Waals surface area contributed by atoms with Gasteiger partial charge in [0.15, 0.2) is 0 Å². The Labute approximate surface area is 115 Å². The van der Waals surface area contributed by atoms with Gasteiger partial charge in [0.05, 0.1) is 17.1 Å². The maximum atomic E-state index is 12.2. The first-order valence-corrected chi connectivity index (χ1v) is 7.32. The molecule has 1 fully saturated rings. The van der Waals surface area contributed by atoms with Crippen LogP contribution in [0.4, 0.5) is 0 Å². The molecule has 0 aromatic heterocycles. The Morgan fingerprint density at radius 2 is 1.50 bits per heavy atom. The monoisotopic (exact) mass is 311 g/mol. The summed E-state index contributed by atoms with van der Waals surface area (Å²) >= 11 is 11.5. The summed E-state index contributed by atoms with van der Waals surface area (Å²) in [6.07, 6.45) is -2.15. The van der Waals surface area contributed by atoms with Gasteiger partial charge in [-0.1, -0.05) is 23.2 Å².